The summed E-state index contributed by atoms with van der Waals surface area (Å²) in [6.07, 6.45) is 2.84. The van der Waals surface area contributed by atoms with Crippen molar-refractivity contribution in [1.29, 1.82) is 0 Å². The molecule has 126 valence electrons. The van der Waals surface area contributed by atoms with E-state index in [0.717, 1.165) is 0 Å². The van der Waals surface area contributed by atoms with E-state index in [0.29, 0.717) is 17.3 Å². The number of nitrogens with zero attached hydrogens (tertiary/aromatic N) is 2. The number of halogens is 1. The Morgan fingerprint density at radius 2 is 1.83 bits per heavy atom. The molecular weight excluding hydrogens is 309 g/mol. The molecule has 0 aromatic carbocycles. The van der Waals surface area contributed by atoms with Gasteiger partial charge in [0.25, 0.3) is 0 Å². The molecule has 1 amide bonds. The van der Waals surface area contributed by atoms with Gasteiger partial charge in [-0.05, 0) is 29.0 Å². The van der Waals surface area contributed by atoms with Gasteiger partial charge in [-0.25, -0.2) is 9.97 Å². The zero-order valence-corrected chi connectivity index (χ0v) is 14.1. The van der Waals surface area contributed by atoms with Crippen molar-refractivity contribution in [3.63, 3.8) is 0 Å². The monoisotopic (exact) mass is 329 g/mol. The van der Waals surface area contributed by atoms with Crippen LogP contribution in [-0.2, 0) is 4.79 Å². The highest BCUT2D eigenvalue weighted by atomic mass is 19.1. The molecule has 0 saturated heterocycles. The molecule has 24 heavy (non-hydrogen) atoms. The SMILES string of the molecule is CC1(C)C(C(=O)Nc2cc(Oc3ccc(F)nc3)ccn2)C1(C)C. The van der Waals surface area contributed by atoms with E-state index >= 15 is 0 Å². The molecule has 6 heteroatoms. The van der Waals surface area contributed by atoms with Crippen molar-refractivity contribution < 1.29 is 13.9 Å². The number of pyridine rings is 2. The summed E-state index contributed by atoms with van der Waals surface area (Å²) in [5, 5.41) is 2.84. The van der Waals surface area contributed by atoms with Gasteiger partial charge >= 0.3 is 0 Å². The van der Waals surface area contributed by atoms with Crippen LogP contribution in [0.2, 0.25) is 0 Å². The minimum atomic E-state index is -0.570. The van der Waals surface area contributed by atoms with E-state index in [4.69, 9.17) is 4.74 Å². The fourth-order valence-corrected chi connectivity index (χ4v) is 3.15. The average molecular weight is 329 g/mol. The number of hydrogen-bond donors (Lipinski definition) is 1. The second-order valence-electron chi connectivity index (χ2n) is 7.16. The van der Waals surface area contributed by atoms with Gasteiger partial charge in [-0.1, -0.05) is 27.7 Å². The Morgan fingerprint density at radius 3 is 2.42 bits per heavy atom. The number of hydrogen-bond acceptors (Lipinski definition) is 4. The van der Waals surface area contributed by atoms with Gasteiger partial charge < -0.3 is 10.1 Å². The van der Waals surface area contributed by atoms with E-state index < -0.39 is 5.95 Å². The van der Waals surface area contributed by atoms with Crippen LogP contribution < -0.4 is 10.1 Å². The molecular formula is C18H20FN3O2. The van der Waals surface area contributed by atoms with Crippen LogP contribution in [0.4, 0.5) is 10.2 Å². The Balaban J connectivity index is 1.70. The first-order valence-electron chi connectivity index (χ1n) is 7.78. The molecule has 1 N–H and O–H groups in total. The van der Waals surface area contributed by atoms with Crippen LogP contribution in [-0.4, -0.2) is 15.9 Å². The van der Waals surface area contributed by atoms with E-state index in [2.05, 4.69) is 43.0 Å². The molecule has 0 spiro atoms. The molecule has 2 heterocycles. The van der Waals surface area contributed by atoms with Crippen molar-refractivity contribution in [2.45, 2.75) is 27.7 Å². The van der Waals surface area contributed by atoms with Gasteiger partial charge in [0.2, 0.25) is 11.9 Å². The van der Waals surface area contributed by atoms with Crippen molar-refractivity contribution in [1.82, 2.24) is 9.97 Å². The summed E-state index contributed by atoms with van der Waals surface area (Å²) in [5.41, 5.74) is -0.0735. The average Bonchev–Trinajstić information content (AvgIpc) is 2.91. The predicted molar refractivity (Wildman–Crippen MR) is 88.2 cm³/mol. The van der Waals surface area contributed by atoms with Crippen LogP contribution in [0.25, 0.3) is 0 Å². The lowest BCUT2D eigenvalue weighted by molar-refractivity contribution is -0.118. The third-order valence-electron chi connectivity index (χ3n) is 5.20. The summed E-state index contributed by atoms with van der Waals surface area (Å²) in [7, 11) is 0. The topological polar surface area (TPSA) is 64.1 Å². The van der Waals surface area contributed by atoms with Crippen molar-refractivity contribution in [2.24, 2.45) is 16.7 Å². The van der Waals surface area contributed by atoms with Crippen LogP contribution >= 0.6 is 0 Å². The highest BCUT2D eigenvalue weighted by Gasteiger charge is 2.68. The minimum Gasteiger partial charge on any atom is -0.456 e. The first-order chi connectivity index (χ1) is 11.2. The molecule has 0 aliphatic heterocycles. The van der Waals surface area contributed by atoms with Crippen LogP contribution in [0.15, 0.2) is 36.7 Å². The second-order valence-corrected chi connectivity index (χ2v) is 7.16. The Morgan fingerprint density at radius 1 is 1.12 bits per heavy atom. The van der Waals surface area contributed by atoms with E-state index in [1.807, 2.05) is 0 Å². The van der Waals surface area contributed by atoms with Gasteiger partial charge in [-0.15, -0.1) is 0 Å². The molecule has 1 saturated carbocycles. The summed E-state index contributed by atoms with van der Waals surface area (Å²) in [4.78, 5) is 20.2. The predicted octanol–water partition coefficient (Wildman–Crippen LogP) is 4.03. The highest BCUT2D eigenvalue weighted by Crippen LogP contribution is 2.68. The molecule has 1 aliphatic carbocycles. The highest BCUT2D eigenvalue weighted by molar-refractivity contribution is 5.95. The van der Waals surface area contributed by atoms with Gasteiger partial charge in [0.15, 0.2) is 0 Å². The number of aromatic nitrogens is 2. The molecule has 0 bridgehead atoms. The fourth-order valence-electron chi connectivity index (χ4n) is 3.15. The van der Waals surface area contributed by atoms with Crippen LogP contribution in [0.3, 0.4) is 0 Å². The number of nitrogens with one attached hydrogen (secondary N) is 1. The van der Waals surface area contributed by atoms with E-state index in [9.17, 15) is 9.18 Å². The van der Waals surface area contributed by atoms with Crippen LogP contribution in [0, 0.1) is 22.7 Å². The van der Waals surface area contributed by atoms with Gasteiger partial charge in [-0.3, -0.25) is 4.79 Å². The van der Waals surface area contributed by atoms with Gasteiger partial charge in [-0.2, -0.15) is 4.39 Å². The van der Waals surface area contributed by atoms with E-state index in [1.54, 1.807) is 18.3 Å². The van der Waals surface area contributed by atoms with Gasteiger partial charge in [0.05, 0.1) is 6.20 Å². The third-order valence-corrected chi connectivity index (χ3v) is 5.20. The quantitative estimate of drug-likeness (QED) is 0.860. The lowest BCUT2D eigenvalue weighted by atomic mass is 10.0. The van der Waals surface area contributed by atoms with Gasteiger partial charge in [0, 0.05) is 18.2 Å². The summed E-state index contributed by atoms with van der Waals surface area (Å²) < 4.78 is 18.4. The molecule has 0 unspecified atom stereocenters. The van der Waals surface area contributed by atoms with Crippen molar-refractivity contribution in [2.75, 3.05) is 5.32 Å². The maximum absolute atomic E-state index is 12.8. The maximum atomic E-state index is 12.8. The number of carbonyl (C=O) groups is 1. The van der Waals surface area contributed by atoms with Crippen molar-refractivity contribution >= 4 is 11.7 Å². The number of rotatable bonds is 4. The molecule has 3 rings (SSSR count). The number of anilines is 1. The summed E-state index contributed by atoms with van der Waals surface area (Å²) >= 11 is 0. The fraction of sp³-hybridized carbons (Fsp3) is 0.389. The molecule has 5 nitrogen and oxygen atoms in total. The molecule has 0 radical (unpaired) electrons. The van der Waals surface area contributed by atoms with Crippen LogP contribution in [0.1, 0.15) is 27.7 Å². The first kappa shape index (κ1) is 16.4. The molecule has 2 aromatic rings. The number of ether oxygens (including phenoxy) is 1. The number of amides is 1. The standard InChI is InChI=1S/C18H20FN3O2/c1-17(2)15(18(17,3)4)16(23)22-14-9-11(7-8-20-14)24-12-5-6-13(19)21-10-12/h5-10,15H,1-4H3,(H,20,22,23). The summed E-state index contributed by atoms with van der Waals surface area (Å²) in [6, 6.07) is 5.99. The minimum absolute atomic E-state index is 0.0367. The Labute approximate surface area is 140 Å². The second kappa shape index (κ2) is 5.54. The largest absolute Gasteiger partial charge is 0.456 e. The molecule has 2 aromatic heterocycles. The summed E-state index contributed by atoms with van der Waals surface area (Å²) in [5.74, 6) is 0.647. The van der Waals surface area contributed by atoms with Crippen molar-refractivity contribution in [3.8, 4) is 11.5 Å². The lowest BCUT2D eigenvalue weighted by Gasteiger charge is -2.08. The normalized spacial score (nSPS) is 18.0. The van der Waals surface area contributed by atoms with Gasteiger partial charge in [0.1, 0.15) is 17.3 Å². The number of carbonyl (C=O) groups excluding carboxylic acids is 1. The Hall–Kier alpha value is -2.50. The smallest absolute Gasteiger partial charge is 0.229 e. The Kier molecular flexibility index (Phi) is 3.78. The zero-order valence-electron chi connectivity index (χ0n) is 14.1. The van der Waals surface area contributed by atoms with E-state index in [1.165, 1.54) is 18.3 Å². The third kappa shape index (κ3) is 2.84. The maximum Gasteiger partial charge on any atom is 0.229 e. The summed E-state index contributed by atoms with van der Waals surface area (Å²) in [6.45, 7) is 8.36. The Bertz CT molecular complexity index is 758. The van der Waals surface area contributed by atoms with Crippen molar-refractivity contribution in [3.05, 3.63) is 42.6 Å². The molecule has 1 aliphatic rings. The molecule has 1 fully saturated rings. The first-order valence-corrected chi connectivity index (χ1v) is 7.78. The van der Waals surface area contributed by atoms with E-state index in [-0.39, 0.29) is 22.7 Å². The lowest BCUT2D eigenvalue weighted by Crippen LogP contribution is -2.18. The zero-order chi connectivity index (χ0) is 17.5. The van der Waals surface area contributed by atoms with Crippen LogP contribution in [0.5, 0.6) is 11.5 Å². The molecule has 0 atom stereocenters.